The van der Waals surface area contributed by atoms with Crippen LogP contribution in [0.2, 0.25) is 0 Å². The maximum absolute atomic E-state index is 13.2. The molecule has 0 radical (unpaired) electrons. The fourth-order valence-corrected chi connectivity index (χ4v) is 7.72. The van der Waals surface area contributed by atoms with Gasteiger partial charge in [0.1, 0.15) is 19.3 Å². The summed E-state index contributed by atoms with van der Waals surface area (Å²) in [6.45, 7) is 9.65. The number of unbranched alkanes of at least 4 members (excludes halogenated alkanes) is 18. The number of allylic oxidation sites excluding steroid dienone is 8. The van der Waals surface area contributed by atoms with E-state index in [9.17, 15) is 19.2 Å². The van der Waals surface area contributed by atoms with Gasteiger partial charge in [-0.3, -0.25) is 14.4 Å². The highest BCUT2D eigenvalue weighted by Gasteiger charge is 2.22. The molecule has 10 nitrogen and oxygen atoms in total. The van der Waals surface area contributed by atoms with Crippen LogP contribution in [0, 0.1) is 0 Å². The Balaban J connectivity index is 2.51. The third-order valence-corrected chi connectivity index (χ3v) is 11.8. The molecule has 65 heavy (non-hydrogen) atoms. The largest absolute Gasteiger partial charge is 0.462 e. The normalized spacial score (nSPS) is 13.8. The number of nitrogens with zero attached hydrogens (tertiary/aromatic N) is 1. The first-order chi connectivity index (χ1) is 31.9. The lowest BCUT2D eigenvalue weighted by atomic mass is 10.1. The Bertz CT molecular complexity index is 1210. The van der Waals surface area contributed by atoms with Crippen molar-refractivity contribution in [3.05, 3.63) is 48.6 Å². The van der Waals surface area contributed by atoms with Gasteiger partial charge in [0.2, 0.25) is 0 Å². The van der Waals surface area contributed by atoms with Gasteiger partial charge in [0.15, 0.2) is 6.10 Å². The second-order valence-corrected chi connectivity index (χ2v) is 18.0. The molecule has 10 heteroatoms. The van der Waals surface area contributed by atoms with E-state index in [1.165, 1.54) is 64.2 Å². The van der Waals surface area contributed by atoms with Crippen molar-refractivity contribution in [3.63, 3.8) is 0 Å². The molecule has 0 aromatic rings. The minimum atomic E-state index is -0.919. The van der Waals surface area contributed by atoms with E-state index in [2.05, 4.69) is 79.6 Å². The van der Waals surface area contributed by atoms with E-state index >= 15 is 0 Å². The van der Waals surface area contributed by atoms with Crippen LogP contribution in [0.1, 0.15) is 226 Å². The molecule has 0 aliphatic carbocycles. The average Bonchev–Trinajstić information content (AvgIpc) is 3.82. The second-order valence-electron chi connectivity index (χ2n) is 18.0. The van der Waals surface area contributed by atoms with E-state index in [1.807, 2.05) is 0 Å². The van der Waals surface area contributed by atoms with Gasteiger partial charge in [0.25, 0.3) is 0 Å². The molecule has 1 saturated heterocycles. The van der Waals surface area contributed by atoms with Crippen molar-refractivity contribution in [2.45, 2.75) is 238 Å². The van der Waals surface area contributed by atoms with Gasteiger partial charge in [-0.1, -0.05) is 146 Å². The maximum atomic E-state index is 13.2. The number of esters is 3. The third kappa shape index (κ3) is 40.6. The molecule has 0 saturated carbocycles. The van der Waals surface area contributed by atoms with Gasteiger partial charge >= 0.3 is 24.0 Å². The summed E-state index contributed by atoms with van der Waals surface area (Å²) in [5.74, 6) is -1.22. The van der Waals surface area contributed by atoms with E-state index in [0.29, 0.717) is 19.4 Å². The molecular formula is C55H96N2O8. The Morgan fingerprint density at radius 3 is 1.42 bits per heavy atom. The van der Waals surface area contributed by atoms with Crippen molar-refractivity contribution in [2.24, 2.45) is 0 Å². The van der Waals surface area contributed by atoms with Crippen LogP contribution in [0.4, 0.5) is 4.79 Å². The van der Waals surface area contributed by atoms with E-state index < -0.39 is 24.3 Å². The summed E-state index contributed by atoms with van der Waals surface area (Å²) in [5, 5.41) is 2.87. The lowest BCUT2D eigenvalue weighted by Gasteiger charge is -2.21. The van der Waals surface area contributed by atoms with Crippen LogP contribution < -0.4 is 5.32 Å². The van der Waals surface area contributed by atoms with Crippen molar-refractivity contribution >= 4 is 24.0 Å². The molecule has 0 aromatic carbocycles. The fourth-order valence-electron chi connectivity index (χ4n) is 7.72. The Hall–Kier alpha value is -3.40. The highest BCUT2D eigenvalue weighted by molar-refractivity contribution is 5.71. The van der Waals surface area contributed by atoms with Crippen molar-refractivity contribution in [1.82, 2.24) is 10.2 Å². The number of alkyl carbamates (subject to hydrolysis) is 1. The second kappa shape index (κ2) is 45.7. The number of ether oxygens (including phenoxy) is 4. The van der Waals surface area contributed by atoms with Crippen LogP contribution in [0.5, 0.6) is 0 Å². The SMILES string of the molecule is CCCCC/C=C\C/C=C\CCCCCCCC(=O)OCC(COC(=O)CCCCCCC/C=C\C/C=C\CCCCC)OC(=O)CCC(CCCCC)OC(=O)NCCN1CCCC1. The molecule has 0 aromatic heterocycles. The fraction of sp³-hybridized carbons (Fsp3) is 0.782. The standard InChI is InChI=1S/C55H96N2O8/c1-4-7-10-12-14-16-18-20-22-24-26-28-30-32-35-40-52(58)62-48-51(49-63-53(59)41-36-33-31-29-27-25-23-21-19-17-15-13-11-8-5-2)64-54(60)43-42-50(39-34-9-6-3)65-55(61)56-44-47-57-45-37-38-46-57/h14-17,20-23,50-51H,4-13,18-19,24-49H2,1-3H3,(H,56,61)/b16-14-,17-15-,22-20-,23-21-. The molecule has 374 valence electrons. The Labute approximate surface area is 397 Å². The van der Waals surface area contributed by atoms with Crippen LogP contribution >= 0.6 is 0 Å². The van der Waals surface area contributed by atoms with Gasteiger partial charge in [0, 0.05) is 32.4 Å². The van der Waals surface area contributed by atoms with E-state index in [0.717, 1.165) is 129 Å². The van der Waals surface area contributed by atoms with Crippen LogP contribution in [0.25, 0.3) is 0 Å². The molecule has 1 N–H and O–H groups in total. The number of amides is 1. The van der Waals surface area contributed by atoms with Gasteiger partial charge in [-0.05, 0) is 122 Å². The zero-order chi connectivity index (χ0) is 47.1. The summed E-state index contributed by atoms with van der Waals surface area (Å²) in [5.41, 5.74) is 0. The van der Waals surface area contributed by atoms with Crippen LogP contribution in [-0.2, 0) is 33.3 Å². The predicted octanol–water partition coefficient (Wildman–Crippen LogP) is 14.2. The quantitative estimate of drug-likeness (QED) is 0.0276. The Kier molecular flexibility index (Phi) is 42.0. The zero-order valence-corrected chi connectivity index (χ0v) is 41.9. The number of likely N-dealkylation sites (tertiary alicyclic amines) is 1. The zero-order valence-electron chi connectivity index (χ0n) is 41.9. The van der Waals surface area contributed by atoms with Gasteiger partial charge < -0.3 is 29.2 Å². The molecule has 1 fully saturated rings. The van der Waals surface area contributed by atoms with Crippen molar-refractivity contribution in [1.29, 1.82) is 0 Å². The minimum absolute atomic E-state index is 0.0220. The summed E-state index contributed by atoms with van der Waals surface area (Å²) in [7, 11) is 0. The first kappa shape index (κ1) is 59.6. The van der Waals surface area contributed by atoms with Gasteiger partial charge in [-0.15, -0.1) is 0 Å². The third-order valence-electron chi connectivity index (χ3n) is 11.8. The van der Waals surface area contributed by atoms with Crippen molar-refractivity contribution in [3.8, 4) is 0 Å². The monoisotopic (exact) mass is 913 g/mol. The minimum Gasteiger partial charge on any atom is -0.462 e. The summed E-state index contributed by atoms with van der Waals surface area (Å²) in [4.78, 5) is 53.6. The Morgan fingerprint density at radius 2 is 0.923 bits per heavy atom. The number of hydrogen-bond acceptors (Lipinski definition) is 9. The molecule has 1 unspecified atom stereocenters. The number of hydrogen-bond donors (Lipinski definition) is 1. The number of carbonyl (C=O) groups excluding carboxylic acids is 4. The number of nitrogens with one attached hydrogen (secondary N) is 1. The summed E-state index contributed by atoms with van der Waals surface area (Å²) in [6.07, 6.45) is 47.3. The van der Waals surface area contributed by atoms with Crippen LogP contribution in [0.15, 0.2) is 48.6 Å². The highest BCUT2D eigenvalue weighted by Crippen LogP contribution is 2.16. The molecule has 1 aliphatic rings. The van der Waals surface area contributed by atoms with E-state index in [4.69, 9.17) is 18.9 Å². The van der Waals surface area contributed by atoms with Gasteiger partial charge in [0.05, 0.1) is 0 Å². The summed E-state index contributed by atoms with van der Waals surface area (Å²) >= 11 is 0. The molecule has 1 aliphatic heterocycles. The molecule has 1 heterocycles. The summed E-state index contributed by atoms with van der Waals surface area (Å²) in [6, 6.07) is 0. The van der Waals surface area contributed by atoms with Crippen molar-refractivity contribution in [2.75, 3.05) is 39.4 Å². The maximum Gasteiger partial charge on any atom is 0.407 e. The van der Waals surface area contributed by atoms with Crippen LogP contribution in [0.3, 0.4) is 0 Å². The number of carbonyl (C=O) groups is 4. The lowest BCUT2D eigenvalue weighted by molar-refractivity contribution is -0.167. The number of rotatable bonds is 44. The molecular weight excluding hydrogens is 817 g/mol. The van der Waals surface area contributed by atoms with Crippen LogP contribution in [-0.4, -0.2) is 80.5 Å². The predicted molar refractivity (Wildman–Crippen MR) is 268 cm³/mol. The van der Waals surface area contributed by atoms with E-state index in [-0.39, 0.29) is 44.4 Å². The van der Waals surface area contributed by atoms with Gasteiger partial charge in [-0.2, -0.15) is 0 Å². The lowest BCUT2D eigenvalue weighted by Crippen LogP contribution is -2.36. The molecule has 0 bridgehead atoms. The molecule has 1 amide bonds. The molecule has 1 rings (SSSR count). The molecule has 1 atom stereocenters. The smallest absolute Gasteiger partial charge is 0.407 e. The topological polar surface area (TPSA) is 120 Å². The Morgan fingerprint density at radius 1 is 0.477 bits per heavy atom. The summed E-state index contributed by atoms with van der Waals surface area (Å²) < 4.78 is 22.6. The molecule has 0 spiro atoms. The average molecular weight is 913 g/mol. The van der Waals surface area contributed by atoms with E-state index in [1.54, 1.807) is 0 Å². The highest BCUT2D eigenvalue weighted by atomic mass is 16.6. The first-order valence-electron chi connectivity index (χ1n) is 26.6. The van der Waals surface area contributed by atoms with Gasteiger partial charge in [-0.25, -0.2) is 4.79 Å². The van der Waals surface area contributed by atoms with Crippen molar-refractivity contribution < 1.29 is 38.1 Å². The first-order valence-corrected chi connectivity index (χ1v) is 26.6.